The number of aromatic nitrogens is 1. The Bertz CT molecular complexity index is 685. The lowest BCUT2D eigenvalue weighted by atomic mass is 9.49. The topological polar surface area (TPSA) is 16.1 Å². The van der Waals surface area contributed by atoms with Gasteiger partial charge in [0.05, 0.1) is 18.4 Å². The van der Waals surface area contributed by atoms with E-state index < -0.39 is 0 Å². The molecule has 0 saturated heterocycles. The van der Waals surface area contributed by atoms with E-state index in [-0.39, 0.29) is 1.43 Å². The number of anilines is 1. The minimum atomic E-state index is 0. The molecule has 30 heavy (non-hydrogen) atoms. The van der Waals surface area contributed by atoms with Crippen LogP contribution in [0.5, 0.6) is 0 Å². The highest BCUT2D eigenvalue weighted by Gasteiger charge is 2.57. The molecule has 4 saturated carbocycles. The zero-order valence-corrected chi connectivity index (χ0v) is 19.7. The molecule has 0 aromatic carbocycles. The molecule has 2 nitrogen and oxygen atoms in total. The van der Waals surface area contributed by atoms with Gasteiger partial charge in [-0.3, -0.25) is 4.98 Å². The Morgan fingerprint density at radius 1 is 1.07 bits per heavy atom. The van der Waals surface area contributed by atoms with Gasteiger partial charge in [-0.05, 0) is 110 Å². The molecule has 4 aliphatic rings. The van der Waals surface area contributed by atoms with Crippen molar-refractivity contribution in [1.29, 1.82) is 0 Å². The fourth-order valence-corrected chi connectivity index (χ4v) is 8.29. The number of halogens is 1. The van der Waals surface area contributed by atoms with Crippen molar-refractivity contribution in [2.75, 3.05) is 11.7 Å². The largest absolute Gasteiger partial charge is 0.262 e. The number of pyridine rings is 1. The molecule has 8 atom stereocenters. The summed E-state index contributed by atoms with van der Waals surface area (Å²) >= 11 is 0. The molecule has 1 aromatic heterocycles. The van der Waals surface area contributed by atoms with E-state index in [0.717, 1.165) is 40.6 Å². The highest BCUT2D eigenvalue weighted by Crippen LogP contribution is 2.64. The Balaban J connectivity index is 0.000000883. The molecule has 8 unspecified atom stereocenters. The van der Waals surface area contributed by atoms with Crippen molar-refractivity contribution >= 4 is 5.69 Å². The molecule has 0 radical (unpaired) electrons. The van der Waals surface area contributed by atoms with Crippen LogP contribution in [0, 0.1) is 46.8 Å². The van der Waals surface area contributed by atoms with Crippen molar-refractivity contribution in [3.05, 3.63) is 24.5 Å². The third-order valence-electron chi connectivity index (χ3n) is 9.72. The van der Waals surface area contributed by atoms with Crippen LogP contribution in [0.2, 0.25) is 0 Å². The number of hydrogen-bond donors (Lipinski definition) is 0. The first-order valence-electron chi connectivity index (χ1n) is 12.9. The normalized spacial score (nSPS) is 42.2. The highest BCUT2D eigenvalue weighted by atomic mass is 19.2. The molecule has 0 spiro atoms. The fraction of sp³-hybridized carbons (Fsp3) is 0.815. The summed E-state index contributed by atoms with van der Waals surface area (Å²) in [5.74, 6) is 6.18. The molecule has 1 aromatic rings. The lowest BCUT2D eigenvalue weighted by Crippen LogP contribution is -2.49. The third kappa shape index (κ3) is 3.91. The molecule has 0 aliphatic heterocycles. The van der Waals surface area contributed by atoms with Crippen molar-refractivity contribution in [1.82, 2.24) is 4.98 Å². The van der Waals surface area contributed by atoms with Gasteiger partial charge in [0.15, 0.2) is 0 Å². The van der Waals surface area contributed by atoms with Gasteiger partial charge in [-0.25, -0.2) is 5.12 Å². The Kier molecular flexibility index (Phi) is 6.75. The van der Waals surface area contributed by atoms with E-state index in [1.807, 2.05) is 26.0 Å². The second-order valence-electron chi connectivity index (χ2n) is 10.9. The van der Waals surface area contributed by atoms with Crippen molar-refractivity contribution in [3.8, 4) is 0 Å². The monoisotopic (exact) mass is 416 g/mol. The smallest absolute Gasteiger partial charge is 0.0870 e. The quantitative estimate of drug-likeness (QED) is 0.465. The van der Waals surface area contributed by atoms with E-state index in [1.54, 1.807) is 12.4 Å². The maximum atomic E-state index is 14.9. The summed E-state index contributed by atoms with van der Waals surface area (Å²) in [7, 11) is 0. The van der Waals surface area contributed by atoms with E-state index in [2.05, 4.69) is 18.8 Å². The van der Waals surface area contributed by atoms with Gasteiger partial charge in [-0.15, -0.1) is 0 Å². The second kappa shape index (κ2) is 9.17. The van der Waals surface area contributed by atoms with Crippen molar-refractivity contribution < 1.29 is 5.91 Å². The molecule has 3 heteroatoms. The zero-order chi connectivity index (χ0) is 21.3. The summed E-state index contributed by atoms with van der Waals surface area (Å²) in [6, 6.07) is 3.67. The lowest BCUT2D eigenvalue weighted by Gasteiger charge is -2.56. The summed E-state index contributed by atoms with van der Waals surface area (Å²) in [5, 5.41) is 0.969. The summed E-state index contributed by atoms with van der Waals surface area (Å²) in [6.07, 6.45) is 16.0. The minimum absolute atomic E-state index is 0. The maximum absolute atomic E-state index is 14.9. The summed E-state index contributed by atoms with van der Waals surface area (Å²) < 4.78 is 14.9. The van der Waals surface area contributed by atoms with E-state index >= 15 is 0 Å². The Hall–Kier alpha value is -1.12. The van der Waals surface area contributed by atoms with E-state index in [4.69, 9.17) is 0 Å². The molecule has 0 amide bonds. The predicted molar refractivity (Wildman–Crippen MR) is 126 cm³/mol. The van der Waals surface area contributed by atoms with E-state index in [9.17, 15) is 4.48 Å². The first kappa shape index (κ1) is 22.1. The second-order valence-corrected chi connectivity index (χ2v) is 10.9. The first-order valence-corrected chi connectivity index (χ1v) is 12.9. The van der Waals surface area contributed by atoms with Gasteiger partial charge in [0.2, 0.25) is 0 Å². The lowest BCUT2D eigenvalue weighted by molar-refractivity contribution is -0.0668. The van der Waals surface area contributed by atoms with Crippen LogP contribution >= 0.6 is 0 Å². The fourth-order valence-electron chi connectivity index (χ4n) is 8.29. The highest BCUT2D eigenvalue weighted by molar-refractivity contribution is 5.40. The molecule has 4 fully saturated rings. The third-order valence-corrected chi connectivity index (χ3v) is 9.72. The van der Waals surface area contributed by atoms with E-state index in [0.29, 0.717) is 23.6 Å². The van der Waals surface area contributed by atoms with Crippen LogP contribution in [0.15, 0.2) is 24.5 Å². The summed E-state index contributed by atoms with van der Waals surface area (Å²) in [5.41, 5.74) is 0.947. The van der Waals surface area contributed by atoms with Crippen LogP contribution < -0.4 is 5.12 Å². The molecule has 0 N–H and O–H groups in total. The minimum Gasteiger partial charge on any atom is -0.262 e. The number of nitrogens with zero attached hydrogens (tertiary/aromatic N) is 2. The Labute approximate surface area is 185 Å². The van der Waals surface area contributed by atoms with Crippen LogP contribution in [-0.4, -0.2) is 11.5 Å². The average Bonchev–Trinajstić information content (AvgIpc) is 3.11. The van der Waals surface area contributed by atoms with Gasteiger partial charge in [0.25, 0.3) is 0 Å². The van der Waals surface area contributed by atoms with Gasteiger partial charge in [0, 0.05) is 7.62 Å². The predicted octanol–water partition coefficient (Wildman–Crippen LogP) is 7.95. The summed E-state index contributed by atoms with van der Waals surface area (Å²) in [4.78, 5) is 4.10. The van der Waals surface area contributed by atoms with Crippen LogP contribution in [-0.2, 0) is 0 Å². The number of hydrogen-bond acceptors (Lipinski definition) is 2. The van der Waals surface area contributed by atoms with Gasteiger partial charge in [0.1, 0.15) is 0 Å². The van der Waals surface area contributed by atoms with Crippen molar-refractivity contribution in [3.63, 3.8) is 0 Å². The van der Waals surface area contributed by atoms with Crippen LogP contribution in [0.4, 0.5) is 10.2 Å². The Morgan fingerprint density at radius 3 is 2.63 bits per heavy atom. The molecule has 4 aliphatic carbocycles. The van der Waals surface area contributed by atoms with Crippen LogP contribution in [0.1, 0.15) is 86.9 Å². The van der Waals surface area contributed by atoms with Crippen molar-refractivity contribution in [2.45, 2.75) is 85.5 Å². The molecule has 0 bridgehead atoms. The van der Waals surface area contributed by atoms with Gasteiger partial charge in [-0.2, -0.15) is 0 Å². The zero-order valence-electron chi connectivity index (χ0n) is 19.7. The van der Waals surface area contributed by atoms with Crippen LogP contribution in [0.25, 0.3) is 0 Å². The van der Waals surface area contributed by atoms with E-state index in [1.165, 1.54) is 57.8 Å². The number of fused-ring (bicyclic) bond motifs is 5. The molecule has 5 rings (SSSR count). The van der Waals surface area contributed by atoms with Gasteiger partial charge < -0.3 is 0 Å². The van der Waals surface area contributed by atoms with Crippen LogP contribution in [0.3, 0.4) is 0 Å². The SMILES string of the molecule is CC.CC1CCC2C(CCC3C2CCC2(C)C(CN(F)c4cccnc4)CCC32)C1.[HH]. The standard InChI is InChI=1S/C25H37FN2.C2H6.H2/c1-17-5-8-21-18(14-17)6-9-23-22(21)11-12-25(2)19(7-10-24(23)25)16-28(26)20-4-3-13-27-15-20;1-2;/h3-4,13,15,17-19,21-24H,5-12,14,16H2,1-2H3;1-2H3;1H. The molecule has 170 valence electrons. The first-order chi connectivity index (χ1) is 14.6. The molecule has 1 heterocycles. The summed E-state index contributed by atoms with van der Waals surface area (Å²) in [6.45, 7) is 9.52. The molecular weight excluding hydrogens is 371 g/mol. The Morgan fingerprint density at radius 2 is 1.87 bits per heavy atom. The number of rotatable bonds is 3. The average molecular weight is 417 g/mol. The maximum Gasteiger partial charge on any atom is 0.0870 e. The van der Waals surface area contributed by atoms with Gasteiger partial charge in [-0.1, -0.05) is 38.6 Å². The van der Waals surface area contributed by atoms with Crippen molar-refractivity contribution in [2.24, 2.45) is 46.8 Å². The molecular formula is C27H45FN2. The van der Waals surface area contributed by atoms with Gasteiger partial charge >= 0.3 is 0 Å².